The van der Waals surface area contributed by atoms with Crippen molar-refractivity contribution in [2.45, 2.75) is 39.2 Å². The van der Waals surface area contributed by atoms with Crippen LogP contribution in [-0.2, 0) is 4.74 Å². The minimum atomic E-state index is -4.47. The van der Waals surface area contributed by atoms with Crippen molar-refractivity contribution in [3.05, 3.63) is 0 Å². The Hall–Kier alpha value is -0.290. The van der Waals surface area contributed by atoms with E-state index < -0.39 is 12.5 Å². The molecule has 0 aromatic heterocycles. The van der Waals surface area contributed by atoms with Crippen LogP contribution < -0.4 is 0 Å². The van der Waals surface area contributed by atoms with Crippen LogP contribution in [0.5, 0.6) is 0 Å². The fraction of sp³-hybridized carbons (Fsp3) is 1.00. The summed E-state index contributed by atoms with van der Waals surface area (Å²) >= 11 is 0. The van der Waals surface area contributed by atoms with Crippen molar-refractivity contribution in [2.24, 2.45) is 0 Å². The standard InChI is InChI=1S/C7H12F3NO.C2H6/c1-11-4-2-6(3-5-11)12-7(8,9)10;1-2/h6H,2-5H2,1H3;1-2H3. The van der Waals surface area contributed by atoms with Gasteiger partial charge in [0.05, 0.1) is 6.10 Å². The number of rotatable bonds is 1. The molecule has 0 bridgehead atoms. The summed E-state index contributed by atoms with van der Waals surface area (Å²) < 4.78 is 39.0. The third kappa shape index (κ3) is 6.21. The smallest absolute Gasteiger partial charge is 0.306 e. The molecular formula is C9H18F3NO. The van der Waals surface area contributed by atoms with E-state index in [-0.39, 0.29) is 0 Å². The summed E-state index contributed by atoms with van der Waals surface area (Å²) in [5.41, 5.74) is 0. The van der Waals surface area contributed by atoms with Gasteiger partial charge >= 0.3 is 6.36 Å². The molecule has 0 unspecified atom stereocenters. The fourth-order valence-corrected chi connectivity index (χ4v) is 1.29. The molecule has 1 fully saturated rings. The molecule has 0 N–H and O–H groups in total. The quantitative estimate of drug-likeness (QED) is 0.664. The highest BCUT2D eigenvalue weighted by molar-refractivity contribution is 4.69. The second-order valence-corrected chi connectivity index (χ2v) is 3.07. The largest absolute Gasteiger partial charge is 0.522 e. The summed E-state index contributed by atoms with van der Waals surface area (Å²) in [6, 6.07) is 0. The van der Waals surface area contributed by atoms with E-state index in [1.54, 1.807) is 0 Å². The Kier molecular flexibility index (Phi) is 6.11. The Morgan fingerprint density at radius 1 is 1.14 bits per heavy atom. The number of hydrogen-bond acceptors (Lipinski definition) is 2. The predicted molar refractivity (Wildman–Crippen MR) is 49.0 cm³/mol. The average molecular weight is 213 g/mol. The molecule has 0 aliphatic carbocycles. The van der Waals surface area contributed by atoms with Crippen LogP contribution in [0.2, 0.25) is 0 Å². The molecule has 0 radical (unpaired) electrons. The molecule has 0 aromatic rings. The van der Waals surface area contributed by atoms with Crippen LogP contribution >= 0.6 is 0 Å². The number of piperidine rings is 1. The Balaban J connectivity index is 0.000000791. The van der Waals surface area contributed by atoms with Crippen LogP contribution in [0.25, 0.3) is 0 Å². The molecule has 86 valence electrons. The number of ether oxygens (including phenoxy) is 1. The summed E-state index contributed by atoms with van der Waals surface area (Å²) in [6.45, 7) is 5.36. The lowest BCUT2D eigenvalue weighted by Crippen LogP contribution is -2.36. The topological polar surface area (TPSA) is 12.5 Å². The van der Waals surface area contributed by atoms with Gasteiger partial charge in [-0.1, -0.05) is 13.8 Å². The molecule has 14 heavy (non-hydrogen) atoms. The SMILES string of the molecule is CC.CN1CCC(OC(F)(F)F)CC1. The van der Waals surface area contributed by atoms with Gasteiger partial charge in [0, 0.05) is 13.1 Å². The van der Waals surface area contributed by atoms with Crippen molar-refractivity contribution in [3.8, 4) is 0 Å². The van der Waals surface area contributed by atoms with E-state index in [1.807, 2.05) is 25.8 Å². The summed E-state index contributed by atoms with van der Waals surface area (Å²) in [4.78, 5) is 2.00. The lowest BCUT2D eigenvalue weighted by Gasteiger charge is -2.29. The van der Waals surface area contributed by atoms with E-state index in [4.69, 9.17) is 0 Å². The first-order valence-electron chi connectivity index (χ1n) is 4.90. The van der Waals surface area contributed by atoms with Crippen LogP contribution in [0.1, 0.15) is 26.7 Å². The maximum absolute atomic E-state index is 11.7. The highest BCUT2D eigenvalue weighted by Gasteiger charge is 2.34. The van der Waals surface area contributed by atoms with Crippen LogP contribution in [0.15, 0.2) is 0 Å². The highest BCUT2D eigenvalue weighted by atomic mass is 19.4. The zero-order valence-electron chi connectivity index (χ0n) is 8.90. The molecule has 1 aliphatic rings. The molecule has 5 heteroatoms. The maximum Gasteiger partial charge on any atom is 0.522 e. The lowest BCUT2D eigenvalue weighted by atomic mass is 10.1. The molecule has 0 atom stereocenters. The van der Waals surface area contributed by atoms with Gasteiger partial charge in [0.15, 0.2) is 0 Å². The summed E-state index contributed by atoms with van der Waals surface area (Å²) in [7, 11) is 1.89. The van der Waals surface area contributed by atoms with Gasteiger partial charge in [0.2, 0.25) is 0 Å². The molecule has 0 spiro atoms. The van der Waals surface area contributed by atoms with Gasteiger partial charge in [-0.3, -0.25) is 4.74 Å². The Morgan fingerprint density at radius 3 is 1.93 bits per heavy atom. The van der Waals surface area contributed by atoms with Crippen LogP contribution in [0.3, 0.4) is 0 Å². The summed E-state index contributed by atoms with van der Waals surface area (Å²) in [6.07, 6.45) is -4.17. The Morgan fingerprint density at radius 2 is 1.57 bits per heavy atom. The van der Waals surface area contributed by atoms with Crippen LogP contribution in [0, 0.1) is 0 Å². The van der Waals surface area contributed by atoms with Gasteiger partial charge < -0.3 is 4.90 Å². The molecule has 1 aliphatic heterocycles. The Labute approximate surface area is 83.0 Å². The lowest BCUT2D eigenvalue weighted by molar-refractivity contribution is -0.345. The zero-order chi connectivity index (χ0) is 11.2. The van der Waals surface area contributed by atoms with Crippen molar-refractivity contribution >= 4 is 0 Å². The van der Waals surface area contributed by atoms with Gasteiger partial charge in [-0.15, -0.1) is 13.2 Å². The van der Waals surface area contributed by atoms with Crippen molar-refractivity contribution in [1.82, 2.24) is 4.90 Å². The molecule has 1 heterocycles. The second kappa shape index (κ2) is 6.24. The second-order valence-electron chi connectivity index (χ2n) is 3.07. The molecular weight excluding hydrogens is 195 g/mol. The predicted octanol–water partition coefficient (Wildman–Crippen LogP) is 2.64. The van der Waals surface area contributed by atoms with Gasteiger partial charge in [0.25, 0.3) is 0 Å². The van der Waals surface area contributed by atoms with Crippen molar-refractivity contribution in [3.63, 3.8) is 0 Å². The normalized spacial score (nSPS) is 20.1. The highest BCUT2D eigenvalue weighted by Crippen LogP contribution is 2.23. The van der Waals surface area contributed by atoms with E-state index in [0.29, 0.717) is 25.9 Å². The molecule has 0 saturated carbocycles. The first kappa shape index (κ1) is 13.7. The maximum atomic E-state index is 11.7. The van der Waals surface area contributed by atoms with E-state index in [0.717, 1.165) is 0 Å². The number of alkyl halides is 3. The van der Waals surface area contributed by atoms with E-state index >= 15 is 0 Å². The van der Waals surface area contributed by atoms with E-state index in [2.05, 4.69) is 4.74 Å². The molecule has 2 nitrogen and oxygen atoms in total. The number of halogens is 3. The van der Waals surface area contributed by atoms with Crippen molar-refractivity contribution in [2.75, 3.05) is 20.1 Å². The van der Waals surface area contributed by atoms with E-state index in [9.17, 15) is 13.2 Å². The summed E-state index contributed by atoms with van der Waals surface area (Å²) in [5, 5.41) is 0. The van der Waals surface area contributed by atoms with Gasteiger partial charge in [0.1, 0.15) is 0 Å². The Bertz CT molecular complexity index is 141. The van der Waals surface area contributed by atoms with E-state index in [1.165, 1.54) is 0 Å². The van der Waals surface area contributed by atoms with Crippen LogP contribution in [0.4, 0.5) is 13.2 Å². The molecule has 1 rings (SSSR count). The minimum Gasteiger partial charge on any atom is -0.306 e. The zero-order valence-corrected chi connectivity index (χ0v) is 8.90. The fourth-order valence-electron chi connectivity index (χ4n) is 1.29. The number of likely N-dealkylation sites (tertiary alicyclic amines) is 1. The number of hydrogen-bond donors (Lipinski definition) is 0. The minimum absolute atomic E-state index is 0.468. The first-order chi connectivity index (χ1) is 6.47. The van der Waals surface area contributed by atoms with Gasteiger partial charge in [-0.05, 0) is 19.9 Å². The van der Waals surface area contributed by atoms with Gasteiger partial charge in [-0.2, -0.15) is 0 Å². The van der Waals surface area contributed by atoms with Crippen molar-refractivity contribution in [1.29, 1.82) is 0 Å². The summed E-state index contributed by atoms with van der Waals surface area (Å²) in [5.74, 6) is 0. The number of nitrogens with zero attached hydrogens (tertiary/aromatic N) is 1. The molecule has 0 aromatic carbocycles. The third-order valence-corrected chi connectivity index (χ3v) is 1.97. The monoisotopic (exact) mass is 213 g/mol. The van der Waals surface area contributed by atoms with Crippen LogP contribution in [-0.4, -0.2) is 37.5 Å². The molecule has 1 saturated heterocycles. The van der Waals surface area contributed by atoms with Crippen molar-refractivity contribution < 1.29 is 17.9 Å². The van der Waals surface area contributed by atoms with Gasteiger partial charge in [-0.25, -0.2) is 0 Å². The third-order valence-electron chi connectivity index (χ3n) is 1.97. The average Bonchev–Trinajstić information content (AvgIpc) is 2.10. The molecule has 0 amide bonds. The first-order valence-corrected chi connectivity index (χ1v) is 4.90.